The van der Waals surface area contributed by atoms with Crippen molar-refractivity contribution in [3.05, 3.63) is 86.9 Å². The Balaban J connectivity index is 1.44. The van der Waals surface area contributed by atoms with Crippen molar-refractivity contribution in [2.24, 2.45) is 0 Å². The number of nitrogens with zero attached hydrogens (tertiary/aromatic N) is 3. The first-order chi connectivity index (χ1) is 14.4. The zero-order chi connectivity index (χ0) is 21.3. The van der Waals surface area contributed by atoms with E-state index < -0.39 is 5.91 Å². The summed E-state index contributed by atoms with van der Waals surface area (Å²) >= 11 is 12.0. The molecule has 0 saturated carbocycles. The summed E-state index contributed by atoms with van der Waals surface area (Å²) in [6.45, 7) is 1.47. The standard InChI is InChI=1S/C21H17Cl2FN4O2/c22-16-5-4-14(9-17(16)23)12-27-6-7-28-19(21(27)30)10-18(26-28)20(29)25-11-13-2-1-3-15(24)8-13/h1-5,8-10H,6-7,11-12H2,(H,25,29). The van der Waals surface area contributed by atoms with Crippen molar-refractivity contribution in [3.8, 4) is 0 Å². The number of nitrogens with one attached hydrogen (secondary N) is 1. The molecule has 0 saturated heterocycles. The van der Waals surface area contributed by atoms with Gasteiger partial charge in [-0.15, -0.1) is 0 Å². The van der Waals surface area contributed by atoms with Crippen molar-refractivity contribution in [1.29, 1.82) is 0 Å². The Morgan fingerprint density at radius 2 is 1.90 bits per heavy atom. The second-order valence-electron chi connectivity index (χ2n) is 6.93. The maximum Gasteiger partial charge on any atom is 0.272 e. The second kappa shape index (κ2) is 8.45. The van der Waals surface area contributed by atoms with Crippen molar-refractivity contribution < 1.29 is 14.0 Å². The van der Waals surface area contributed by atoms with E-state index in [1.54, 1.807) is 29.2 Å². The molecule has 30 heavy (non-hydrogen) atoms. The summed E-state index contributed by atoms with van der Waals surface area (Å²) in [6.07, 6.45) is 0. The highest BCUT2D eigenvalue weighted by Gasteiger charge is 2.28. The number of rotatable bonds is 5. The predicted octanol–water partition coefficient (Wildman–Crippen LogP) is 3.92. The van der Waals surface area contributed by atoms with Crippen LogP contribution in [0, 0.1) is 5.82 Å². The van der Waals surface area contributed by atoms with E-state index in [1.807, 2.05) is 6.07 Å². The van der Waals surface area contributed by atoms with Crippen LogP contribution < -0.4 is 5.32 Å². The molecule has 0 spiro atoms. The van der Waals surface area contributed by atoms with Crippen LogP contribution in [-0.4, -0.2) is 33.0 Å². The van der Waals surface area contributed by atoms with Crippen LogP contribution in [-0.2, 0) is 19.6 Å². The molecule has 3 aromatic rings. The third-order valence-corrected chi connectivity index (χ3v) is 5.54. The molecule has 0 aliphatic carbocycles. The number of carbonyl (C=O) groups is 2. The zero-order valence-corrected chi connectivity index (χ0v) is 17.3. The number of amides is 2. The lowest BCUT2D eigenvalue weighted by Gasteiger charge is -2.27. The Labute approximate surface area is 182 Å². The van der Waals surface area contributed by atoms with Gasteiger partial charge < -0.3 is 10.2 Å². The van der Waals surface area contributed by atoms with Crippen molar-refractivity contribution in [1.82, 2.24) is 20.0 Å². The van der Waals surface area contributed by atoms with Gasteiger partial charge in [0, 0.05) is 25.7 Å². The number of fused-ring (bicyclic) bond motifs is 1. The first kappa shape index (κ1) is 20.4. The lowest BCUT2D eigenvalue weighted by molar-refractivity contribution is 0.0683. The van der Waals surface area contributed by atoms with Crippen molar-refractivity contribution in [2.45, 2.75) is 19.6 Å². The summed E-state index contributed by atoms with van der Waals surface area (Å²) in [7, 11) is 0. The van der Waals surface area contributed by atoms with Crippen LogP contribution in [0.1, 0.15) is 32.1 Å². The van der Waals surface area contributed by atoms with Crippen LogP contribution in [0.3, 0.4) is 0 Å². The Bertz CT molecular complexity index is 1130. The molecule has 2 amide bonds. The smallest absolute Gasteiger partial charge is 0.272 e. The van der Waals surface area contributed by atoms with Crippen molar-refractivity contribution >= 4 is 35.0 Å². The number of benzene rings is 2. The number of carbonyl (C=O) groups excluding carboxylic acids is 2. The Hall–Kier alpha value is -2.90. The van der Waals surface area contributed by atoms with Crippen LogP contribution >= 0.6 is 23.2 Å². The molecule has 6 nitrogen and oxygen atoms in total. The molecule has 1 aromatic heterocycles. The number of aromatic nitrogens is 2. The van der Waals surface area contributed by atoms with Gasteiger partial charge in [-0.05, 0) is 35.4 Å². The van der Waals surface area contributed by atoms with Gasteiger partial charge in [-0.2, -0.15) is 5.10 Å². The molecule has 9 heteroatoms. The Morgan fingerprint density at radius 1 is 1.07 bits per heavy atom. The minimum atomic E-state index is -0.426. The van der Waals surface area contributed by atoms with E-state index in [2.05, 4.69) is 10.4 Å². The molecule has 0 atom stereocenters. The van der Waals surface area contributed by atoms with E-state index in [0.717, 1.165) is 5.56 Å². The third-order valence-electron chi connectivity index (χ3n) is 4.80. The molecule has 2 heterocycles. The van der Waals surface area contributed by atoms with Crippen LogP contribution in [0.15, 0.2) is 48.5 Å². The van der Waals surface area contributed by atoms with Gasteiger partial charge in [-0.25, -0.2) is 4.39 Å². The molecular formula is C21H17Cl2FN4O2. The fourth-order valence-electron chi connectivity index (χ4n) is 3.28. The predicted molar refractivity (Wildman–Crippen MR) is 111 cm³/mol. The molecule has 2 aromatic carbocycles. The molecule has 0 fully saturated rings. The molecule has 1 N–H and O–H groups in total. The zero-order valence-electron chi connectivity index (χ0n) is 15.7. The van der Waals surface area contributed by atoms with E-state index in [9.17, 15) is 14.0 Å². The maximum atomic E-state index is 13.3. The van der Waals surface area contributed by atoms with Crippen LogP contribution in [0.4, 0.5) is 4.39 Å². The molecule has 0 unspecified atom stereocenters. The first-order valence-corrected chi connectivity index (χ1v) is 10.00. The Kier molecular flexibility index (Phi) is 5.74. The summed E-state index contributed by atoms with van der Waals surface area (Å²) in [5, 5.41) is 7.83. The Morgan fingerprint density at radius 3 is 2.67 bits per heavy atom. The van der Waals surface area contributed by atoms with Gasteiger partial charge in [0.25, 0.3) is 11.8 Å². The highest BCUT2D eigenvalue weighted by atomic mass is 35.5. The van der Waals surface area contributed by atoms with Crippen molar-refractivity contribution in [2.75, 3.05) is 6.54 Å². The monoisotopic (exact) mass is 446 g/mol. The van der Waals surface area contributed by atoms with Gasteiger partial charge >= 0.3 is 0 Å². The summed E-state index contributed by atoms with van der Waals surface area (Å²) in [5.41, 5.74) is 1.98. The van der Waals surface area contributed by atoms with Gasteiger partial charge in [0.15, 0.2) is 5.69 Å². The quantitative estimate of drug-likeness (QED) is 0.645. The molecular weight excluding hydrogens is 430 g/mol. The topological polar surface area (TPSA) is 67.2 Å². The van der Waals surface area contributed by atoms with Gasteiger partial charge in [0.1, 0.15) is 11.5 Å². The largest absolute Gasteiger partial charge is 0.347 e. The average molecular weight is 447 g/mol. The number of hydrogen-bond acceptors (Lipinski definition) is 3. The second-order valence-corrected chi connectivity index (χ2v) is 7.74. The summed E-state index contributed by atoms with van der Waals surface area (Å²) < 4.78 is 14.8. The summed E-state index contributed by atoms with van der Waals surface area (Å²) in [5.74, 6) is -1.01. The minimum Gasteiger partial charge on any atom is -0.347 e. The first-order valence-electron chi connectivity index (χ1n) is 9.24. The molecule has 4 rings (SSSR count). The van der Waals surface area contributed by atoms with Crippen LogP contribution in [0.25, 0.3) is 0 Å². The SMILES string of the molecule is O=C(NCc1cccc(F)c1)c1cc2n(n1)CCN(Cc1ccc(Cl)c(Cl)c1)C2=O. The van der Waals surface area contributed by atoms with Gasteiger partial charge in [0.2, 0.25) is 0 Å². The average Bonchev–Trinajstić information content (AvgIpc) is 3.16. The summed E-state index contributed by atoms with van der Waals surface area (Å²) in [4.78, 5) is 27.0. The van der Waals surface area contributed by atoms with Gasteiger partial charge in [0.05, 0.1) is 16.6 Å². The number of halogens is 3. The van der Waals surface area contributed by atoms with E-state index >= 15 is 0 Å². The molecule has 0 radical (unpaired) electrons. The molecule has 154 valence electrons. The van der Waals surface area contributed by atoms with Crippen LogP contribution in [0.5, 0.6) is 0 Å². The highest BCUT2D eigenvalue weighted by molar-refractivity contribution is 6.42. The fourth-order valence-corrected chi connectivity index (χ4v) is 3.60. The highest BCUT2D eigenvalue weighted by Crippen LogP contribution is 2.24. The van der Waals surface area contributed by atoms with E-state index in [4.69, 9.17) is 23.2 Å². The van der Waals surface area contributed by atoms with E-state index in [-0.39, 0.29) is 24.0 Å². The maximum absolute atomic E-state index is 13.3. The van der Waals surface area contributed by atoms with E-state index in [0.29, 0.717) is 40.9 Å². The number of hydrogen-bond donors (Lipinski definition) is 1. The lowest BCUT2D eigenvalue weighted by atomic mass is 10.2. The molecule has 0 bridgehead atoms. The fraction of sp³-hybridized carbons (Fsp3) is 0.190. The molecule has 1 aliphatic heterocycles. The minimum absolute atomic E-state index is 0.145. The van der Waals surface area contributed by atoms with Crippen molar-refractivity contribution in [3.63, 3.8) is 0 Å². The van der Waals surface area contributed by atoms with E-state index in [1.165, 1.54) is 22.9 Å². The third kappa shape index (κ3) is 4.32. The normalized spacial score (nSPS) is 13.3. The lowest BCUT2D eigenvalue weighted by Crippen LogP contribution is -2.39. The summed E-state index contributed by atoms with van der Waals surface area (Å²) in [6, 6.07) is 12.7. The van der Waals surface area contributed by atoms with Crippen LogP contribution in [0.2, 0.25) is 10.0 Å². The molecule has 1 aliphatic rings. The van der Waals surface area contributed by atoms with Gasteiger partial charge in [-0.3, -0.25) is 14.3 Å². The van der Waals surface area contributed by atoms with Gasteiger partial charge in [-0.1, -0.05) is 41.4 Å².